The molecule has 1 saturated heterocycles. The van der Waals surface area contributed by atoms with Gasteiger partial charge in [0.2, 0.25) is 0 Å². The standard InChI is InChI=1S/C4H7ClO2/c5-3-7-4-1-6-2-4/h4H,1-3H2. The minimum absolute atomic E-state index is 0.275. The number of halogens is 1. The Labute approximate surface area is 47.4 Å². The number of hydrogen-bond acceptors (Lipinski definition) is 2. The van der Waals surface area contributed by atoms with Crippen LogP contribution in [0.15, 0.2) is 0 Å². The molecule has 0 aliphatic carbocycles. The van der Waals surface area contributed by atoms with Crippen molar-refractivity contribution in [3.8, 4) is 0 Å². The SMILES string of the molecule is ClCOC1COC1. The number of ether oxygens (including phenoxy) is 2. The Morgan fingerprint density at radius 3 is 2.57 bits per heavy atom. The van der Waals surface area contributed by atoms with Gasteiger partial charge in [0.15, 0.2) is 0 Å². The van der Waals surface area contributed by atoms with Crippen LogP contribution < -0.4 is 0 Å². The van der Waals surface area contributed by atoms with E-state index < -0.39 is 0 Å². The first-order valence-electron chi connectivity index (χ1n) is 2.19. The van der Waals surface area contributed by atoms with Crippen LogP contribution in [-0.2, 0) is 9.47 Å². The van der Waals surface area contributed by atoms with Gasteiger partial charge >= 0.3 is 0 Å². The van der Waals surface area contributed by atoms with Crippen LogP contribution in [0.2, 0.25) is 0 Å². The van der Waals surface area contributed by atoms with Crippen LogP contribution in [0.1, 0.15) is 0 Å². The molecule has 42 valence electrons. The molecule has 2 nitrogen and oxygen atoms in total. The monoisotopic (exact) mass is 122 g/mol. The molecule has 1 heterocycles. The van der Waals surface area contributed by atoms with Crippen molar-refractivity contribution in [1.29, 1.82) is 0 Å². The Kier molecular flexibility index (Phi) is 1.91. The van der Waals surface area contributed by atoms with Crippen molar-refractivity contribution in [2.45, 2.75) is 6.10 Å². The third kappa shape index (κ3) is 1.30. The summed E-state index contributed by atoms with van der Waals surface area (Å²) in [5, 5.41) is 0. The molecule has 0 radical (unpaired) electrons. The van der Waals surface area contributed by atoms with Crippen molar-refractivity contribution in [3.05, 3.63) is 0 Å². The van der Waals surface area contributed by atoms with Crippen molar-refractivity contribution in [2.75, 3.05) is 19.3 Å². The van der Waals surface area contributed by atoms with Crippen LogP contribution in [0.5, 0.6) is 0 Å². The lowest BCUT2D eigenvalue weighted by molar-refractivity contribution is -0.118. The maximum Gasteiger partial charge on any atom is 0.121 e. The highest BCUT2D eigenvalue weighted by Gasteiger charge is 2.17. The van der Waals surface area contributed by atoms with E-state index >= 15 is 0 Å². The number of hydrogen-bond donors (Lipinski definition) is 0. The van der Waals surface area contributed by atoms with Crippen LogP contribution in [0, 0.1) is 0 Å². The molecule has 3 heteroatoms. The van der Waals surface area contributed by atoms with E-state index in [2.05, 4.69) is 0 Å². The minimum atomic E-state index is 0.275. The van der Waals surface area contributed by atoms with Gasteiger partial charge in [-0.25, -0.2) is 0 Å². The van der Waals surface area contributed by atoms with E-state index in [4.69, 9.17) is 21.1 Å². The van der Waals surface area contributed by atoms with E-state index in [9.17, 15) is 0 Å². The van der Waals surface area contributed by atoms with Gasteiger partial charge in [0, 0.05) is 0 Å². The third-order valence-corrected chi connectivity index (χ3v) is 1.03. The van der Waals surface area contributed by atoms with Gasteiger partial charge < -0.3 is 9.47 Å². The predicted octanol–water partition coefficient (Wildman–Crippen LogP) is 0.598. The average Bonchev–Trinajstić information content (AvgIpc) is 1.55. The summed E-state index contributed by atoms with van der Waals surface area (Å²) >= 11 is 5.23. The quantitative estimate of drug-likeness (QED) is 0.500. The molecule has 0 aromatic carbocycles. The third-order valence-electron chi connectivity index (χ3n) is 0.906. The Bertz CT molecular complexity index is 53.7. The highest BCUT2D eigenvalue weighted by molar-refractivity contribution is 6.17. The Hall–Kier alpha value is 0.210. The van der Waals surface area contributed by atoms with Crippen molar-refractivity contribution >= 4 is 11.6 Å². The van der Waals surface area contributed by atoms with Crippen molar-refractivity contribution in [3.63, 3.8) is 0 Å². The maximum absolute atomic E-state index is 5.23. The lowest BCUT2D eigenvalue weighted by Crippen LogP contribution is -2.35. The smallest absolute Gasteiger partial charge is 0.121 e. The van der Waals surface area contributed by atoms with Crippen LogP contribution >= 0.6 is 11.6 Å². The summed E-state index contributed by atoms with van der Waals surface area (Å²) < 4.78 is 9.72. The van der Waals surface area contributed by atoms with Crippen LogP contribution in [0.25, 0.3) is 0 Å². The molecule has 7 heavy (non-hydrogen) atoms. The molecule has 0 N–H and O–H groups in total. The zero-order valence-electron chi connectivity index (χ0n) is 3.89. The fraction of sp³-hybridized carbons (Fsp3) is 1.00. The molecule has 0 bridgehead atoms. The lowest BCUT2D eigenvalue weighted by atomic mass is 10.3. The molecule has 1 aliphatic rings. The topological polar surface area (TPSA) is 18.5 Å². The van der Waals surface area contributed by atoms with E-state index in [1.165, 1.54) is 0 Å². The molecular weight excluding hydrogens is 115 g/mol. The second kappa shape index (κ2) is 2.50. The molecular formula is C4H7ClO2. The van der Waals surface area contributed by atoms with Gasteiger partial charge in [0.1, 0.15) is 12.2 Å². The summed E-state index contributed by atoms with van der Waals surface area (Å²) in [5.74, 6) is 0. The molecule has 0 amide bonds. The molecule has 1 rings (SSSR count). The summed E-state index contributed by atoms with van der Waals surface area (Å²) in [4.78, 5) is 0. The Morgan fingerprint density at radius 1 is 1.71 bits per heavy atom. The first kappa shape index (κ1) is 5.35. The van der Waals surface area contributed by atoms with Crippen LogP contribution in [0.3, 0.4) is 0 Å². The normalized spacial score (nSPS) is 21.9. The Balaban J connectivity index is 1.93. The van der Waals surface area contributed by atoms with Crippen molar-refractivity contribution in [2.24, 2.45) is 0 Å². The zero-order chi connectivity index (χ0) is 5.11. The molecule has 0 atom stereocenters. The van der Waals surface area contributed by atoms with E-state index in [1.54, 1.807) is 0 Å². The van der Waals surface area contributed by atoms with E-state index in [0.29, 0.717) is 13.2 Å². The van der Waals surface area contributed by atoms with Crippen LogP contribution in [-0.4, -0.2) is 25.4 Å². The van der Waals surface area contributed by atoms with Gasteiger partial charge in [-0.3, -0.25) is 0 Å². The lowest BCUT2D eigenvalue weighted by Gasteiger charge is -2.24. The molecule has 0 saturated carbocycles. The number of rotatable bonds is 2. The molecule has 0 spiro atoms. The fourth-order valence-corrected chi connectivity index (χ4v) is 0.578. The maximum atomic E-state index is 5.23. The predicted molar refractivity (Wildman–Crippen MR) is 26.4 cm³/mol. The fourth-order valence-electron chi connectivity index (χ4n) is 0.399. The van der Waals surface area contributed by atoms with Gasteiger partial charge in [0.25, 0.3) is 0 Å². The summed E-state index contributed by atoms with van der Waals surface area (Å²) in [5.41, 5.74) is 0. The van der Waals surface area contributed by atoms with E-state index in [-0.39, 0.29) is 12.2 Å². The minimum Gasteiger partial charge on any atom is -0.376 e. The molecule has 1 fully saturated rings. The second-order valence-electron chi connectivity index (χ2n) is 1.44. The van der Waals surface area contributed by atoms with Crippen molar-refractivity contribution in [1.82, 2.24) is 0 Å². The first-order valence-corrected chi connectivity index (χ1v) is 2.72. The summed E-state index contributed by atoms with van der Waals surface area (Å²) in [6.07, 6.45) is 0.275. The summed E-state index contributed by atoms with van der Waals surface area (Å²) in [7, 11) is 0. The van der Waals surface area contributed by atoms with Gasteiger partial charge in [-0.2, -0.15) is 0 Å². The molecule has 1 aliphatic heterocycles. The van der Waals surface area contributed by atoms with E-state index in [1.807, 2.05) is 0 Å². The largest absolute Gasteiger partial charge is 0.376 e. The summed E-state index contributed by atoms with van der Waals surface area (Å²) in [6, 6.07) is 0.286. The highest BCUT2D eigenvalue weighted by atomic mass is 35.5. The Morgan fingerprint density at radius 2 is 2.43 bits per heavy atom. The molecule has 0 aromatic rings. The zero-order valence-corrected chi connectivity index (χ0v) is 4.65. The van der Waals surface area contributed by atoms with Crippen molar-refractivity contribution < 1.29 is 9.47 Å². The molecule has 0 aromatic heterocycles. The average molecular weight is 123 g/mol. The van der Waals surface area contributed by atoms with Gasteiger partial charge in [0.05, 0.1) is 13.2 Å². The van der Waals surface area contributed by atoms with Gasteiger partial charge in [-0.15, -0.1) is 0 Å². The summed E-state index contributed by atoms with van der Waals surface area (Å²) in [6.45, 7) is 1.43. The van der Waals surface area contributed by atoms with Crippen LogP contribution in [0.4, 0.5) is 0 Å². The molecule has 0 unspecified atom stereocenters. The highest BCUT2D eigenvalue weighted by Crippen LogP contribution is 2.04. The van der Waals surface area contributed by atoms with Gasteiger partial charge in [-0.05, 0) is 0 Å². The second-order valence-corrected chi connectivity index (χ2v) is 1.65. The number of alkyl halides is 1. The van der Waals surface area contributed by atoms with E-state index in [0.717, 1.165) is 0 Å². The van der Waals surface area contributed by atoms with Gasteiger partial charge in [-0.1, -0.05) is 11.6 Å². The first-order chi connectivity index (χ1) is 3.43.